The van der Waals surface area contributed by atoms with Crippen LogP contribution < -0.4 is 10.1 Å². The molecule has 1 heterocycles. The number of hydrogen-bond acceptors (Lipinski definition) is 4. The number of carbonyl (C=O) groups excluding carboxylic acids is 1. The van der Waals surface area contributed by atoms with Crippen LogP contribution in [0.5, 0.6) is 5.75 Å². The fourth-order valence-electron chi connectivity index (χ4n) is 3.15. The van der Waals surface area contributed by atoms with Gasteiger partial charge in [0.05, 0.1) is 23.3 Å². The second-order valence-corrected chi connectivity index (χ2v) is 8.34. The third-order valence-corrected chi connectivity index (χ3v) is 5.51. The Morgan fingerprint density at radius 3 is 2.70 bits per heavy atom. The Hall–Kier alpha value is -2.54. The Morgan fingerprint density at radius 2 is 1.93 bits per heavy atom. The van der Waals surface area contributed by atoms with Crippen molar-refractivity contribution in [2.45, 2.75) is 6.92 Å². The summed E-state index contributed by atoms with van der Waals surface area (Å²) in [7, 11) is 1.54. The summed E-state index contributed by atoms with van der Waals surface area (Å²) in [5, 5.41) is 3.89. The molecule has 0 spiro atoms. The number of fused-ring (bicyclic) bond motifs is 1. The van der Waals surface area contributed by atoms with Crippen LogP contribution in [0.2, 0.25) is 10.0 Å². The molecular formula is C22H15BrCl2N2O3. The number of amides is 1. The summed E-state index contributed by atoms with van der Waals surface area (Å²) in [6, 6.07) is 13.9. The van der Waals surface area contributed by atoms with Crippen molar-refractivity contribution in [3.8, 4) is 17.2 Å². The molecule has 1 aromatic heterocycles. The molecule has 1 amide bonds. The van der Waals surface area contributed by atoms with Gasteiger partial charge in [-0.05, 0) is 61.0 Å². The van der Waals surface area contributed by atoms with Crippen molar-refractivity contribution < 1.29 is 13.9 Å². The highest BCUT2D eigenvalue weighted by Gasteiger charge is 2.17. The quantitative estimate of drug-likeness (QED) is 0.320. The molecule has 4 rings (SSSR count). The van der Waals surface area contributed by atoms with Gasteiger partial charge in [-0.25, -0.2) is 4.98 Å². The van der Waals surface area contributed by atoms with E-state index in [4.69, 9.17) is 32.4 Å². The second-order valence-electron chi connectivity index (χ2n) is 6.58. The minimum Gasteiger partial charge on any atom is -0.496 e. The average Bonchev–Trinajstić information content (AvgIpc) is 3.12. The maximum Gasteiger partial charge on any atom is 0.259 e. The zero-order valence-corrected chi connectivity index (χ0v) is 19.0. The standard InChI is InChI=1S/C22H15BrCl2N2O3/c1-11-7-12(23)8-16(20(11)29-2)21(28)26-14-4-6-19-18(10-14)27-22(30-19)15-9-13(24)3-5-17(15)25/h3-10H,1-2H3,(H,26,28). The van der Waals surface area contributed by atoms with E-state index in [0.717, 1.165) is 10.0 Å². The monoisotopic (exact) mass is 504 g/mol. The largest absolute Gasteiger partial charge is 0.496 e. The summed E-state index contributed by atoms with van der Waals surface area (Å²) >= 11 is 15.7. The van der Waals surface area contributed by atoms with Crippen LogP contribution in [-0.2, 0) is 0 Å². The topological polar surface area (TPSA) is 64.4 Å². The van der Waals surface area contributed by atoms with E-state index in [-0.39, 0.29) is 5.91 Å². The lowest BCUT2D eigenvalue weighted by Crippen LogP contribution is -2.13. The number of halogens is 3. The van der Waals surface area contributed by atoms with Gasteiger partial charge in [0.1, 0.15) is 11.3 Å². The fraction of sp³-hybridized carbons (Fsp3) is 0.0909. The van der Waals surface area contributed by atoms with Crippen molar-refractivity contribution in [2.75, 3.05) is 12.4 Å². The van der Waals surface area contributed by atoms with Crippen molar-refractivity contribution in [1.82, 2.24) is 4.98 Å². The lowest BCUT2D eigenvalue weighted by Gasteiger charge is -2.12. The SMILES string of the molecule is COc1c(C)cc(Br)cc1C(=O)Nc1ccc2oc(-c3cc(Cl)ccc3Cl)nc2c1. The third-order valence-electron chi connectivity index (χ3n) is 4.49. The van der Waals surface area contributed by atoms with Gasteiger partial charge >= 0.3 is 0 Å². The molecule has 152 valence electrons. The summed E-state index contributed by atoms with van der Waals surface area (Å²) in [5.41, 5.74) is 3.60. The zero-order chi connectivity index (χ0) is 21.4. The lowest BCUT2D eigenvalue weighted by atomic mass is 10.1. The molecule has 5 nitrogen and oxygen atoms in total. The number of aromatic nitrogens is 1. The van der Waals surface area contributed by atoms with Gasteiger partial charge < -0.3 is 14.5 Å². The van der Waals surface area contributed by atoms with Crippen molar-refractivity contribution >= 4 is 61.8 Å². The second kappa shape index (κ2) is 8.30. The minimum atomic E-state index is -0.294. The van der Waals surface area contributed by atoms with Gasteiger partial charge in [0, 0.05) is 15.2 Å². The van der Waals surface area contributed by atoms with Crippen LogP contribution in [0.4, 0.5) is 5.69 Å². The highest BCUT2D eigenvalue weighted by Crippen LogP contribution is 2.33. The first kappa shape index (κ1) is 20.7. The van der Waals surface area contributed by atoms with Gasteiger partial charge in [-0.15, -0.1) is 0 Å². The third kappa shape index (κ3) is 4.03. The van der Waals surface area contributed by atoms with Gasteiger partial charge in [-0.2, -0.15) is 0 Å². The van der Waals surface area contributed by atoms with Gasteiger partial charge in [-0.1, -0.05) is 39.1 Å². The van der Waals surface area contributed by atoms with E-state index in [0.29, 0.717) is 49.6 Å². The molecule has 4 aromatic rings. The number of ether oxygens (including phenoxy) is 1. The Morgan fingerprint density at radius 1 is 1.13 bits per heavy atom. The summed E-state index contributed by atoms with van der Waals surface area (Å²) in [6.07, 6.45) is 0. The number of nitrogens with zero attached hydrogens (tertiary/aromatic N) is 1. The van der Waals surface area contributed by atoms with Crippen LogP contribution in [0.1, 0.15) is 15.9 Å². The highest BCUT2D eigenvalue weighted by atomic mass is 79.9. The number of nitrogens with one attached hydrogen (secondary N) is 1. The molecule has 30 heavy (non-hydrogen) atoms. The molecule has 8 heteroatoms. The van der Waals surface area contributed by atoms with Crippen LogP contribution in [-0.4, -0.2) is 18.0 Å². The number of anilines is 1. The number of carbonyl (C=O) groups is 1. The fourth-order valence-corrected chi connectivity index (χ4v) is 4.09. The number of hydrogen-bond donors (Lipinski definition) is 1. The maximum atomic E-state index is 12.9. The Labute approximate surface area is 191 Å². The smallest absolute Gasteiger partial charge is 0.259 e. The number of oxazole rings is 1. The molecule has 0 aliphatic heterocycles. The molecule has 0 saturated heterocycles. The maximum absolute atomic E-state index is 12.9. The van der Waals surface area contributed by atoms with Crippen LogP contribution in [0, 0.1) is 6.92 Å². The summed E-state index contributed by atoms with van der Waals surface area (Å²) in [4.78, 5) is 17.3. The van der Waals surface area contributed by atoms with E-state index in [1.165, 1.54) is 7.11 Å². The van der Waals surface area contributed by atoms with E-state index < -0.39 is 0 Å². The predicted octanol–water partition coefficient (Wildman–Crippen LogP) is 7.13. The number of rotatable bonds is 4. The molecule has 0 unspecified atom stereocenters. The van der Waals surface area contributed by atoms with Crippen LogP contribution >= 0.6 is 39.1 Å². The molecule has 0 aliphatic carbocycles. The number of methoxy groups -OCH3 is 1. The molecule has 0 bridgehead atoms. The predicted molar refractivity (Wildman–Crippen MR) is 123 cm³/mol. The van der Waals surface area contributed by atoms with E-state index in [1.807, 2.05) is 13.0 Å². The Bertz CT molecular complexity index is 1290. The number of aryl methyl sites for hydroxylation is 1. The molecule has 3 aromatic carbocycles. The zero-order valence-electron chi connectivity index (χ0n) is 15.9. The summed E-state index contributed by atoms with van der Waals surface area (Å²) in [6.45, 7) is 1.88. The van der Waals surface area contributed by atoms with Crippen molar-refractivity contribution in [3.63, 3.8) is 0 Å². The first-order valence-corrected chi connectivity index (χ1v) is 10.4. The number of benzene rings is 3. The molecule has 0 atom stereocenters. The Kier molecular flexibility index (Phi) is 5.73. The summed E-state index contributed by atoms with van der Waals surface area (Å²) in [5.74, 6) is 0.582. The first-order chi connectivity index (χ1) is 14.4. The van der Waals surface area contributed by atoms with Crippen molar-refractivity contribution in [2.24, 2.45) is 0 Å². The normalized spacial score (nSPS) is 11.0. The molecule has 0 aliphatic rings. The van der Waals surface area contributed by atoms with Gasteiger partial charge in [-0.3, -0.25) is 4.79 Å². The van der Waals surface area contributed by atoms with Crippen LogP contribution in [0.15, 0.2) is 57.4 Å². The molecular weight excluding hydrogens is 491 g/mol. The summed E-state index contributed by atoms with van der Waals surface area (Å²) < 4.78 is 12.0. The average molecular weight is 506 g/mol. The minimum absolute atomic E-state index is 0.294. The van der Waals surface area contributed by atoms with Gasteiger partial charge in [0.25, 0.3) is 5.91 Å². The highest BCUT2D eigenvalue weighted by molar-refractivity contribution is 9.10. The first-order valence-electron chi connectivity index (χ1n) is 8.87. The van der Waals surface area contributed by atoms with Crippen LogP contribution in [0.25, 0.3) is 22.6 Å². The van der Waals surface area contributed by atoms with Crippen LogP contribution in [0.3, 0.4) is 0 Å². The van der Waals surface area contributed by atoms with Crippen molar-refractivity contribution in [1.29, 1.82) is 0 Å². The van der Waals surface area contributed by atoms with E-state index in [2.05, 4.69) is 26.2 Å². The molecule has 0 radical (unpaired) electrons. The van der Waals surface area contributed by atoms with Crippen molar-refractivity contribution in [3.05, 3.63) is 74.2 Å². The molecule has 0 saturated carbocycles. The molecule has 1 N–H and O–H groups in total. The van der Waals surface area contributed by atoms with E-state index in [9.17, 15) is 4.79 Å². The van der Waals surface area contributed by atoms with E-state index >= 15 is 0 Å². The van der Waals surface area contributed by atoms with Gasteiger partial charge in [0.15, 0.2) is 5.58 Å². The van der Waals surface area contributed by atoms with E-state index in [1.54, 1.807) is 42.5 Å². The van der Waals surface area contributed by atoms with Gasteiger partial charge in [0.2, 0.25) is 5.89 Å². The molecule has 0 fully saturated rings. The Balaban J connectivity index is 1.67. The lowest BCUT2D eigenvalue weighted by molar-refractivity contribution is 0.102.